The van der Waals surface area contributed by atoms with Gasteiger partial charge in [0.15, 0.2) is 4.77 Å². The minimum Gasteiger partial charge on any atom is -0.323 e. The van der Waals surface area contributed by atoms with E-state index in [4.69, 9.17) is 12.2 Å². The van der Waals surface area contributed by atoms with E-state index in [2.05, 4.69) is 20.9 Å². The molecule has 108 valence electrons. The Balaban J connectivity index is 2.42. The summed E-state index contributed by atoms with van der Waals surface area (Å²) in [7, 11) is 0. The van der Waals surface area contributed by atoms with Crippen molar-refractivity contribution < 1.29 is 0 Å². The summed E-state index contributed by atoms with van der Waals surface area (Å²) in [6.45, 7) is 6.00. The highest BCUT2D eigenvalue weighted by Crippen LogP contribution is 2.27. The van der Waals surface area contributed by atoms with Gasteiger partial charge in [0.1, 0.15) is 4.83 Å². The van der Waals surface area contributed by atoms with Gasteiger partial charge in [0.2, 0.25) is 0 Å². The highest BCUT2D eigenvalue weighted by molar-refractivity contribution is 9.10. The number of nitrogens with one attached hydrogen (secondary N) is 1. The first-order valence-corrected chi connectivity index (χ1v) is 8.43. The summed E-state index contributed by atoms with van der Waals surface area (Å²) in [4.78, 5) is 18.0. The molecule has 2 aromatic heterocycles. The van der Waals surface area contributed by atoms with Gasteiger partial charge in [-0.2, -0.15) is 0 Å². The van der Waals surface area contributed by atoms with Crippen LogP contribution in [0.15, 0.2) is 27.5 Å². The number of rotatable bonds is 1. The molecule has 0 atom stereocenters. The maximum atomic E-state index is 12.8. The van der Waals surface area contributed by atoms with E-state index >= 15 is 0 Å². The molecule has 0 fully saturated rings. The molecule has 21 heavy (non-hydrogen) atoms. The van der Waals surface area contributed by atoms with Gasteiger partial charge in [0, 0.05) is 9.35 Å². The average molecular weight is 381 g/mol. The van der Waals surface area contributed by atoms with E-state index in [1.165, 1.54) is 0 Å². The fraction of sp³-hybridized carbons (Fsp3) is 0.200. The molecular formula is C15H13BrN2OS2. The first-order chi connectivity index (χ1) is 9.90. The molecule has 6 heteroatoms. The minimum absolute atomic E-state index is 0.0636. The molecule has 0 aliphatic heterocycles. The molecule has 0 saturated heterocycles. The number of nitrogens with zero attached hydrogens (tertiary/aromatic N) is 1. The van der Waals surface area contributed by atoms with Gasteiger partial charge >= 0.3 is 0 Å². The van der Waals surface area contributed by atoms with Gasteiger partial charge in [-0.1, -0.05) is 22.0 Å². The van der Waals surface area contributed by atoms with Gasteiger partial charge in [-0.3, -0.25) is 9.36 Å². The Morgan fingerprint density at radius 1 is 1.29 bits per heavy atom. The Morgan fingerprint density at radius 3 is 2.67 bits per heavy atom. The predicted molar refractivity (Wildman–Crippen MR) is 94.5 cm³/mol. The number of hydrogen-bond acceptors (Lipinski definition) is 3. The summed E-state index contributed by atoms with van der Waals surface area (Å²) in [6.07, 6.45) is 0. The van der Waals surface area contributed by atoms with E-state index in [1.54, 1.807) is 15.9 Å². The van der Waals surface area contributed by atoms with E-state index in [0.29, 0.717) is 4.77 Å². The van der Waals surface area contributed by atoms with Crippen LogP contribution in [0.25, 0.3) is 15.9 Å². The molecule has 1 N–H and O–H groups in total. The summed E-state index contributed by atoms with van der Waals surface area (Å²) in [5.41, 5.74) is 2.84. The molecule has 0 saturated carbocycles. The molecular weight excluding hydrogens is 368 g/mol. The molecule has 0 amide bonds. The number of benzene rings is 1. The van der Waals surface area contributed by atoms with Crippen LogP contribution < -0.4 is 5.56 Å². The summed E-state index contributed by atoms with van der Waals surface area (Å²) < 4.78 is 2.94. The molecule has 0 aliphatic rings. The molecule has 3 nitrogen and oxygen atoms in total. The fourth-order valence-corrected chi connectivity index (χ4v) is 4.06. The third kappa shape index (κ3) is 2.31. The topological polar surface area (TPSA) is 37.8 Å². The summed E-state index contributed by atoms with van der Waals surface area (Å²) in [5.74, 6) is 0. The SMILES string of the molecule is Cc1ccc(-n2c(=S)[nH]c3sc(C)c(C)c3c2=O)cc1Br. The lowest BCUT2D eigenvalue weighted by Crippen LogP contribution is -2.20. The van der Waals surface area contributed by atoms with Gasteiger partial charge < -0.3 is 4.98 Å². The Morgan fingerprint density at radius 2 is 2.00 bits per heavy atom. The lowest BCUT2D eigenvalue weighted by molar-refractivity contribution is 0.940. The number of halogens is 1. The van der Waals surface area contributed by atoms with Crippen LogP contribution in [0.4, 0.5) is 0 Å². The highest BCUT2D eigenvalue weighted by atomic mass is 79.9. The van der Waals surface area contributed by atoms with Gasteiger partial charge in [-0.25, -0.2) is 0 Å². The number of thiophene rings is 1. The monoisotopic (exact) mass is 380 g/mol. The van der Waals surface area contributed by atoms with Crippen LogP contribution in [-0.2, 0) is 0 Å². The molecule has 0 radical (unpaired) electrons. The Labute approximate surface area is 139 Å². The molecule has 2 heterocycles. The number of hydrogen-bond donors (Lipinski definition) is 1. The van der Waals surface area contributed by atoms with Crippen molar-refractivity contribution in [1.29, 1.82) is 0 Å². The summed E-state index contributed by atoms with van der Waals surface area (Å²) in [6, 6.07) is 5.79. The zero-order valence-corrected chi connectivity index (χ0v) is 15.0. The first kappa shape index (κ1) is 14.7. The van der Waals surface area contributed by atoms with E-state index < -0.39 is 0 Å². The van der Waals surface area contributed by atoms with Crippen LogP contribution >= 0.6 is 39.5 Å². The maximum absolute atomic E-state index is 12.8. The van der Waals surface area contributed by atoms with E-state index in [-0.39, 0.29) is 5.56 Å². The van der Waals surface area contributed by atoms with Crippen LogP contribution in [0.5, 0.6) is 0 Å². The van der Waals surface area contributed by atoms with Gasteiger partial charge in [-0.05, 0) is 56.2 Å². The average Bonchev–Trinajstić information content (AvgIpc) is 2.69. The minimum atomic E-state index is -0.0636. The molecule has 3 aromatic rings. The van der Waals surface area contributed by atoms with Gasteiger partial charge in [0.05, 0.1) is 11.1 Å². The zero-order valence-electron chi connectivity index (χ0n) is 11.8. The first-order valence-electron chi connectivity index (χ1n) is 6.41. The third-order valence-electron chi connectivity index (χ3n) is 3.64. The maximum Gasteiger partial charge on any atom is 0.267 e. The fourth-order valence-electron chi connectivity index (χ4n) is 2.28. The second kappa shape index (κ2) is 5.19. The van der Waals surface area contributed by atoms with Crippen LogP contribution in [0, 0.1) is 25.5 Å². The van der Waals surface area contributed by atoms with E-state index in [0.717, 1.165) is 36.4 Å². The number of aryl methyl sites for hydroxylation is 3. The smallest absolute Gasteiger partial charge is 0.267 e. The molecule has 0 aliphatic carbocycles. The molecule has 0 spiro atoms. The van der Waals surface area contributed by atoms with Crippen molar-refractivity contribution in [3.05, 3.63) is 53.8 Å². The van der Waals surface area contributed by atoms with E-state index in [1.807, 2.05) is 39.0 Å². The van der Waals surface area contributed by atoms with Crippen LogP contribution in [-0.4, -0.2) is 9.55 Å². The lowest BCUT2D eigenvalue weighted by atomic mass is 10.2. The standard InChI is InChI=1S/C15H13BrN2OS2/c1-7-4-5-10(6-11(7)16)18-14(19)12-8(2)9(3)21-13(12)17-15(18)20/h4-6H,1-3H3,(H,17,20). The van der Waals surface area contributed by atoms with Crippen molar-refractivity contribution in [2.45, 2.75) is 20.8 Å². The molecule has 0 bridgehead atoms. The number of aromatic amines is 1. The van der Waals surface area contributed by atoms with Gasteiger partial charge in [0.25, 0.3) is 5.56 Å². The molecule has 0 unspecified atom stereocenters. The second-order valence-corrected chi connectivity index (χ2v) is 7.46. The van der Waals surface area contributed by atoms with Crippen molar-refractivity contribution in [2.75, 3.05) is 0 Å². The Hall–Kier alpha value is -1.24. The highest BCUT2D eigenvalue weighted by Gasteiger charge is 2.14. The van der Waals surface area contributed by atoms with Crippen molar-refractivity contribution in [2.24, 2.45) is 0 Å². The Kier molecular flexibility index (Phi) is 3.63. The second-order valence-electron chi connectivity index (χ2n) is 4.99. The lowest BCUT2D eigenvalue weighted by Gasteiger charge is -2.08. The molecule has 3 rings (SSSR count). The largest absolute Gasteiger partial charge is 0.323 e. The quantitative estimate of drug-likeness (QED) is 0.615. The number of fused-ring (bicyclic) bond motifs is 1. The summed E-state index contributed by atoms with van der Waals surface area (Å²) >= 11 is 10.5. The zero-order chi connectivity index (χ0) is 15.3. The van der Waals surface area contributed by atoms with Crippen LogP contribution in [0.1, 0.15) is 16.0 Å². The van der Waals surface area contributed by atoms with Crippen molar-refractivity contribution in [3.8, 4) is 5.69 Å². The Bertz CT molecular complexity index is 982. The third-order valence-corrected chi connectivity index (χ3v) is 5.90. The van der Waals surface area contributed by atoms with Crippen molar-refractivity contribution in [1.82, 2.24) is 9.55 Å². The van der Waals surface area contributed by atoms with Crippen LogP contribution in [0.2, 0.25) is 0 Å². The van der Waals surface area contributed by atoms with E-state index in [9.17, 15) is 4.79 Å². The van der Waals surface area contributed by atoms with Crippen molar-refractivity contribution in [3.63, 3.8) is 0 Å². The van der Waals surface area contributed by atoms with Crippen LogP contribution in [0.3, 0.4) is 0 Å². The van der Waals surface area contributed by atoms with Gasteiger partial charge in [-0.15, -0.1) is 11.3 Å². The predicted octanol–water partition coefficient (Wildman–Crippen LogP) is 4.80. The summed E-state index contributed by atoms with van der Waals surface area (Å²) in [5, 5.41) is 0.725. The normalized spacial score (nSPS) is 11.2. The number of H-pyrrole nitrogens is 1. The number of aromatic nitrogens is 2. The van der Waals surface area contributed by atoms with Crippen molar-refractivity contribution >= 4 is 49.7 Å². The molecule has 1 aromatic carbocycles.